The van der Waals surface area contributed by atoms with Crippen LogP contribution in [-0.2, 0) is 9.63 Å². The monoisotopic (exact) mass is 175 g/mol. The Morgan fingerprint density at radius 2 is 2.27 bits per heavy atom. The van der Waals surface area contributed by atoms with Gasteiger partial charge in [0, 0.05) is 6.08 Å². The minimum absolute atomic E-state index is 0.515. The van der Waals surface area contributed by atoms with E-state index >= 15 is 0 Å². The standard InChI is InChI=1S/C7H10ClNO2/c1-5(4-7(8)10)6(2)9-11-3/h4,9H,2H2,1,3H3. The highest BCUT2D eigenvalue weighted by atomic mass is 35.5. The summed E-state index contributed by atoms with van der Waals surface area (Å²) in [5.74, 6) is 0. The second-order valence-electron chi connectivity index (χ2n) is 1.92. The van der Waals surface area contributed by atoms with Crippen LogP contribution in [0.4, 0.5) is 0 Å². The van der Waals surface area contributed by atoms with Crippen LogP contribution >= 0.6 is 11.6 Å². The van der Waals surface area contributed by atoms with Crippen molar-refractivity contribution in [2.75, 3.05) is 7.11 Å². The Morgan fingerprint density at radius 3 is 2.64 bits per heavy atom. The van der Waals surface area contributed by atoms with Gasteiger partial charge < -0.3 is 0 Å². The number of nitrogens with one attached hydrogen (secondary N) is 1. The third-order valence-electron chi connectivity index (χ3n) is 1.03. The van der Waals surface area contributed by atoms with Gasteiger partial charge in [0.2, 0.25) is 5.24 Å². The molecule has 0 aliphatic heterocycles. The first-order valence-corrected chi connectivity index (χ1v) is 3.31. The minimum Gasteiger partial charge on any atom is -0.279 e. The first-order chi connectivity index (χ1) is 5.07. The molecular weight excluding hydrogens is 166 g/mol. The summed E-state index contributed by atoms with van der Waals surface area (Å²) >= 11 is 5.09. The lowest BCUT2D eigenvalue weighted by Gasteiger charge is -2.05. The van der Waals surface area contributed by atoms with Gasteiger partial charge in [-0.1, -0.05) is 6.58 Å². The van der Waals surface area contributed by atoms with Crippen LogP contribution in [0.25, 0.3) is 0 Å². The lowest BCUT2D eigenvalue weighted by Crippen LogP contribution is -2.11. The molecule has 0 rings (SSSR count). The summed E-state index contributed by atoms with van der Waals surface area (Å²) in [5, 5.41) is -0.526. The van der Waals surface area contributed by atoms with Gasteiger partial charge in [0.1, 0.15) is 0 Å². The molecule has 0 aromatic rings. The molecule has 0 radical (unpaired) electrons. The molecule has 0 bridgehead atoms. The molecule has 0 atom stereocenters. The van der Waals surface area contributed by atoms with Crippen molar-refractivity contribution in [3.63, 3.8) is 0 Å². The second kappa shape index (κ2) is 4.93. The summed E-state index contributed by atoms with van der Waals surface area (Å²) in [5.41, 5.74) is 3.64. The fraction of sp³-hybridized carbons (Fsp3) is 0.286. The second-order valence-corrected chi connectivity index (χ2v) is 2.29. The Hall–Kier alpha value is -0.800. The van der Waals surface area contributed by atoms with E-state index in [1.54, 1.807) is 6.92 Å². The molecular formula is C7H10ClNO2. The van der Waals surface area contributed by atoms with Crippen LogP contribution in [0.15, 0.2) is 23.9 Å². The van der Waals surface area contributed by atoms with E-state index in [-0.39, 0.29) is 0 Å². The van der Waals surface area contributed by atoms with E-state index in [9.17, 15) is 4.79 Å². The quantitative estimate of drug-likeness (QED) is 0.304. The van der Waals surface area contributed by atoms with E-state index in [1.165, 1.54) is 13.2 Å². The molecule has 0 saturated heterocycles. The van der Waals surface area contributed by atoms with Gasteiger partial charge >= 0.3 is 0 Å². The van der Waals surface area contributed by atoms with Gasteiger partial charge in [0.15, 0.2) is 0 Å². The van der Waals surface area contributed by atoms with E-state index in [4.69, 9.17) is 11.6 Å². The van der Waals surface area contributed by atoms with Crippen molar-refractivity contribution < 1.29 is 9.63 Å². The van der Waals surface area contributed by atoms with Crippen LogP contribution in [0.5, 0.6) is 0 Å². The zero-order valence-corrected chi connectivity index (χ0v) is 7.23. The molecule has 3 nitrogen and oxygen atoms in total. The largest absolute Gasteiger partial charge is 0.279 e. The Balaban J connectivity index is 4.12. The highest BCUT2D eigenvalue weighted by Crippen LogP contribution is 2.03. The predicted octanol–water partition coefficient (Wildman–Crippen LogP) is 1.36. The average Bonchev–Trinajstić information content (AvgIpc) is 1.86. The Labute approximate surface area is 70.6 Å². The number of carbonyl (C=O) groups excluding carboxylic acids is 1. The van der Waals surface area contributed by atoms with Crippen molar-refractivity contribution in [1.82, 2.24) is 5.48 Å². The van der Waals surface area contributed by atoms with Crippen molar-refractivity contribution in [1.29, 1.82) is 0 Å². The van der Waals surface area contributed by atoms with Crippen molar-refractivity contribution in [3.8, 4) is 0 Å². The van der Waals surface area contributed by atoms with Crippen molar-refractivity contribution >= 4 is 16.8 Å². The topological polar surface area (TPSA) is 38.3 Å². The Kier molecular flexibility index (Phi) is 4.57. The molecule has 0 amide bonds. The van der Waals surface area contributed by atoms with E-state index < -0.39 is 5.24 Å². The zero-order chi connectivity index (χ0) is 8.85. The molecule has 0 fully saturated rings. The molecule has 62 valence electrons. The first kappa shape index (κ1) is 10.2. The third kappa shape index (κ3) is 4.58. The van der Waals surface area contributed by atoms with Gasteiger partial charge in [-0.15, -0.1) is 0 Å². The van der Waals surface area contributed by atoms with Gasteiger partial charge in [-0.2, -0.15) is 0 Å². The molecule has 0 aliphatic carbocycles. The van der Waals surface area contributed by atoms with Gasteiger partial charge in [-0.3, -0.25) is 15.1 Å². The molecule has 0 aromatic carbocycles. The summed E-state index contributed by atoms with van der Waals surface area (Å²) in [6.45, 7) is 5.29. The smallest absolute Gasteiger partial charge is 0.245 e. The lowest BCUT2D eigenvalue weighted by molar-refractivity contribution is -0.107. The third-order valence-corrected chi connectivity index (χ3v) is 1.14. The van der Waals surface area contributed by atoms with Crippen molar-refractivity contribution in [2.24, 2.45) is 0 Å². The Bertz CT molecular complexity index is 199. The van der Waals surface area contributed by atoms with Gasteiger partial charge in [0.05, 0.1) is 12.8 Å². The highest BCUT2D eigenvalue weighted by Gasteiger charge is 1.97. The highest BCUT2D eigenvalue weighted by molar-refractivity contribution is 6.66. The van der Waals surface area contributed by atoms with E-state index in [1.807, 2.05) is 0 Å². The van der Waals surface area contributed by atoms with Crippen LogP contribution in [0.3, 0.4) is 0 Å². The number of hydrogen-bond donors (Lipinski definition) is 1. The molecule has 1 N–H and O–H groups in total. The lowest BCUT2D eigenvalue weighted by atomic mass is 10.2. The molecule has 0 saturated carbocycles. The fourth-order valence-electron chi connectivity index (χ4n) is 0.461. The van der Waals surface area contributed by atoms with Gasteiger partial charge in [-0.05, 0) is 24.1 Å². The van der Waals surface area contributed by atoms with Crippen LogP contribution in [0, 0.1) is 0 Å². The van der Waals surface area contributed by atoms with Crippen molar-refractivity contribution in [3.05, 3.63) is 23.9 Å². The maximum absolute atomic E-state index is 10.3. The summed E-state index contributed by atoms with van der Waals surface area (Å²) in [6.07, 6.45) is 1.26. The number of carbonyl (C=O) groups is 1. The van der Waals surface area contributed by atoms with E-state index in [2.05, 4.69) is 16.9 Å². The number of hydrogen-bond acceptors (Lipinski definition) is 3. The molecule has 0 aliphatic rings. The molecule has 0 heterocycles. The average molecular weight is 176 g/mol. The predicted molar refractivity (Wildman–Crippen MR) is 43.9 cm³/mol. The molecule has 4 heteroatoms. The normalized spacial score (nSPS) is 11.0. The molecule has 0 aromatic heterocycles. The van der Waals surface area contributed by atoms with Crippen molar-refractivity contribution in [2.45, 2.75) is 6.92 Å². The number of halogens is 1. The summed E-state index contributed by atoms with van der Waals surface area (Å²) in [7, 11) is 1.46. The van der Waals surface area contributed by atoms with Gasteiger partial charge in [-0.25, -0.2) is 0 Å². The summed E-state index contributed by atoms with van der Waals surface area (Å²) < 4.78 is 0. The fourth-order valence-corrected chi connectivity index (χ4v) is 0.625. The zero-order valence-electron chi connectivity index (χ0n) is 6.48. The number of allylic oxidation sites excluding steroid dienone is 2. The Morgan fingerprint density at radius 1 is 1.73 bits per heavy atom. The number of hydroxylamine groups is 1. The van der Waals surface area contributed by atoms with Crippen LogP contribution in [0.2, 0.25) is 0 Å². The SMILES string of the molecule is C=C(NOC)C(C)=CC(=O)Cl. The molecule has 0 unspecified atom stereocenters. The maximum Gasteiger partial charge on any atom is 0.245 e. The maximum atomic E-state index is 10.3. The van der Waals surface area contributed by atoms with Crippen LogP contribution in [0.1, 0.15) is 6.92 Å². The number of rotatable bonds is 4. The minimum atomic E-state index is -0.526. The van der Waals surface area contributed by atoms with E-state index in [0.717, 1.165) is 0 Å². The van der Waals surface area contributed by atoms with E-state index in [0.29, 0.717) is 11.3 Å². The van der Waals surface area contributed by atoms with Crippen LogP contribution in [-0.4, -0.2) is 12.4 Å². The summed E-state index contributed by atoms with van der Waals surface area (Å²) in [6, 6.07) is 0. The summed E-state index contributed by atoms with van der Waals surface area (Å²) in [4.78, 5) is 14.9. The molecule has 11 heavy (non-hydrogen) atoms. The van der Waals surface area contributed by atoms with Gasteiger partial charge in [0.25, 0.3) is 0 Å². The molecule has 0 spiro atoms. The van der Waals surface area contributed by atoms with Crippen LogP contribution < -0.4 is 5.48 Å². The first-order valence-electron chi connectivity index (χ1n) is 2.94.